The topological polar surface area (TPSA) is 59.8 Å². The van der Waals surface area contributed by atoms with Gasteiger partial charge >= 0.3 is 6.18 Å². The molecule has 9 heteroatoms. The van der Waals surface area contributed by atoms with Crippen molar-refractivity contribution in [2.24, 2.45) is 0 Å². The minimum atomic E-state index is -4.57. The number of rotatable bonds is 4. The van der Waals surface area contributed by atoms with Gasteiger partial charge in [0.1, 0.15) is 5.69 Å². The third-order valence-corrected chi connectivity index (χ3v) is 4.80. The van der Waals surface area contributed by atoms with E-state index in [1.54, 1.807) is 36.4 Å². The Morgan fingerprint density at radius 2 is 1.58 bits per heavy atom. The molecule has 1 N–H and O–H groups in total. The Morgan fingerprint density at radius 1 is 0.935 bits per heavy atom. The number of aromatic nitrogens is 3. The number of halogens is 4. The maximum Gasteiger partial charge on any atom is 0.416 e. The minimum Gasteiger partial charge on any atom is -0.319 e. The van der Waals surface area contributed by atoms with Gasteiger partial charge in [0, 0.05) is 5.56 Å². The van der Waals surface area contributed by atoms with Gasteiger partial charge in [0.2, 0.25) is 0 Å². The lowest BCUT2D eigenvalue weighted by Gasteiger charge is -2.12. The van der Waals surface area contributed by atoms with Gasteiger partial charge in [-0.25, -0.2) is 4.68 Å². The van der Waals surface area contributed by atoms with E-state index < -0.39 is 17.6 Å². The van der Waals surface area contributed by atoms with Crippen molar-refractivity contribution in [1.82, 2.24) is 15.0 Å². The summed E-state index contributed by atoms with van der Waals surface area (Å²) in [5.74, 6) is -0.734. The van der Waals surface area contributed by atoms with Crippen LogP contribution in [0.3, 0.4) is 0 Å². The summed E-state index contributed by atoms with van der Waals surface area (Å²) in [7, 11) is 0. The summed E-state index contributed by atoms with van der Waals surface area (Å²) >= 11 is 6.01. The quantitative estimate of drug-likeness (QED) is 0.430. The van der Waals surface area contributed by atoms with E-state index in [0.29, 0.717) is 16.9 Å². The molecule has 5 nitrogen and oxygen atoms in total. The normalized spacial score (nSPS) is 11.4. The monoisotopic (exact) mass is 442 g/mol. The van der Waals surface area contributed by atoms with E-state index in [1.165, 1.54) is 4.68 Å². The van der Waals surface area contributed by atoms with Crippen molar-refractivity contribution in [3.8, 4) is 16.9 Å². The summed E-state index contributed by atoms with van der Waals surface area (Å²) < 4.78 is 40.7. The number of para-hydroxylation sites is 1. The molecule has 0 bridgehead atoms. The molecule has 0 atom stereocenters. The fourth-order valence-electron chi connectivity index (χ4n) is 3.02. The van der Waals surface area contributed by atoms with Crippen molar-refractivity contribution in [2.75, 3.05) is 5.32 Å². The van der Waals surface area contributed by atoms with Crippen molar-refractivity contribution >= 4 is 23.2 Å². The van der Waals surface area contributed by atoms with Crippen LogP contribution in [0, 0.1) is 0 Å². The second-order valence-corrected chi connectivity index (χ2v) is 6.95. The molecular weight excluding hydrogens is 429 g/mol. The van der Waals surface area contributed by atoms with Gasteiger partial charge in [0.15, 0.2) is 5.69 Å². The molecule has 0 spiro atoms. The lowest BCUT2D eigenvalue weighted by molar-refractivity contribution is -0.137. The standard InChI is InChI=1S/C22H14ClF3N4O/c23-17-12-11-15(22(24,25)26)13-18(17)27-21(31)19-20(14-7-3-1-4-8-14)30(29-28-19)16-9-5-2-6-10-16/h1-13H,(H,27,31). The third-order valence-electron chi connectivity index (χ3n) is 4.48. The molecule has 4 rings (SSSR count). The smallest absolute Gasteiger partial charge is 0.319 e. The van der Waals surface area contributed by atoms with Crippen molar-refractivity contribution in [3.05, 3.63) is 95.1 Å². The lowest BCUT2D eigenvalue weighted by atomic mass is 10.1. The number of benzene rings is 3. The third kappa shape index (κ3) is 4.29. The predicted molar refractivity (Wildman–Crippen MR) is 111 cm³/mol. The van der Waals surface area contributed by atoms with E-state index in [1.807, 2.05) is 24.3 Å². The molecule has 0 saturated heterocycles. The summed E-state index contributed by atoms with van der Waals surface area (Å²) in [6.45, 7) is 0. The Morgan fingerprint density at radius 3 is 2.23 bits per heavy atom. The average Bonchev–Trinajstić information content (AvgIpc) is 3.21. The summed E-state index contributed by atoms with van der Waals surface area (Å²) in [5, 5.41) is 10.5. The highest BCUT2D eigenvalue weighted by atomic mass is 35.5. The van der Waals surface area contributed by atoms with E-state index in [-0.39, 0.29) is 16.4 Å². The zero-order chi connectivity index (χ0) is 22.0. The number of nitrogens with one attached hydrogen (secondary N) is 1. The molecule has 3 aromatic carbocycles. The van der Waals surface area contributed by atoms with Gasteiger partial charge in [-0.15, -0.1) is 5.10 Å². The lowest BCUT2D eigenvalue weighted by Crippen LogP contribution is -2.15. The molecule has 156 valence electrons. The molecule has 0 aliphatic rings. The average molecular weight is 443 g/mol. The highest BCUT2D eigenvalue weighted by molar-refractivity contribution is 6.34. The highest BCUT2D eigenvalue weighted by Crippen LogP contribution is 2.34. The molecule has 1 aromatic heterocycles. The molecule has 0 fully saturated rings. The molecule has 1 amide bonds. The number of hydrogen-bond donors (Lipinski definition) is 1. The first kappa shape index (κ1) is 20.6. The minimum absolute atomic E-state index is 0.0296. The molecule has 0 unspecified atom stereocenters. The zero-order valence-electron chi connectivity index (χ0n) is 15.8. The van der Waals surface area contributed by atoms with Crippen LogP contribution in [0.15, 0.2) is 78.9 Å². The molecule has 0 saturated carbocycles. The van der Waals surface area contributed by atoms with Gasteiger partial charge in [0.05, 0.1) is 22.0 Å². The number of carbonyl (C=O) groups is 1. The van der Waals surface area contributed by atoms with Crippen LogP contribution in [-0.4, -0.2) is 20.9 Å². The van der Waals surface area contributed by atoms with Crippen LogP contribution in [0.25, 0.3) is 16.9 Å². The Balaban J connectivity index is 1.77. The van der Waals surface area contributed by atoms with Crippen LogP contribution < -0.4 is 5.32 Å². The second kappa shape index (κ2) is 8.23. The molecule has 1 heterocycles. The molecule has 0 aliphatic carbocycles. The van der Waals surface area contributed by atoms with Crippen LogP contribution in [0.2, 0.25) is 5.02 Å². The Labute approximate surface area is 180 Å². The number of hydrogen-bond acceptors (Lipinski definition) is 3. The van der Waals surface area contributed by atoms with Crippen LogP contribution in [0.1, 0.15) is 16.1 Å². The fraction of sp³-hybridized carbons (Fsp3) is 0.0455. The van der Waals surface area contributed by atoms with Gasteiger partial charge in [-0.2, -0.15) is 13.2 Å². The van der Waals surface area contributed by atoms with Crippen molar-refractivity contribution < 1.29 is 18.0 Å². The maximum absolute atomic E-state index is 13.1. The van der Waals surface area contributed by atoms with Crippen molar-refractivity contribution in [1.29, 1.82) is 0 Å². The van der Waals surface area contributed by atoms with Gasteiger partial charge in [-0.05, 0) is 30.3 Å². The molecular formula is C22H14ClF3N4O. The Bertz CT molecular complexity index is 1220. The van der Waals surface area contributed by atoms with Crippen molar-refractivity contribution in [3.63, 3.8) is 0 Å². The van der Waals surface area contributed by atoms with E-state index in [4.69, 9.17) is 11.6 Å². The van der Waals surface area contributed by atoms with Crippen molar-refractivity contribution in [2.45, 2.75) is 6.18 Å². The summed E-state index contributed by atoms with van der Waals surface area (Å²) in [5.41, 5.74) is 0.579. The van der Waals surface area contributed by atoms with Crippen LogP contribution in [0.4, 0.5) is 18.9 Å². The molecule has 0 aliphatic heterocycles. The SMILES string of the molecule is O=C(Nc1cc(C(F)(F)F)ccc1Cl)c1nnn(-c2ccccc2)c1-c1ccccc1. The fourth-order valence-corrected chi connectivity index (χ4v) is 3.18. The molecule has 31 heavy (non-hydrogen) atoms. The summed E-state index contributed by atoms with van der Waals surface area (Å²) in [6.07, 6.45) is -4.57. The number of anilines is 1. The van der Waals surface area contributed by atoms with E-state index >= 15 is 0 Å². The Kier molecular flexibility index (Phi) is 5.48. The van der Waals surface area contributed by atoms with Gasteiger partial charge in [-0.1, -0.05) is 65.3 Å². The number of nitrogens with zero attached hydrogens (tertiary/aromatic N) is 3. The number of alkyl halides is 3. The van der Waals surface area contributed by atoms with Crippen LogP contribution >= 0.6 is 11.6 Å². The van der Waals surface area contributed by atoms with Gasteiger partial charge in [-0.3, -0.25) is 4.79 Å². The number of carbonyl (C=O) groups excluding carboxylic acids is 1. The largest absolute Gasteiger partial charge is 0.416 e. The first-order chi connectivity index (χ1) is 14.8. The first-order valence-electron chi connectivity index (χ1n) is 9.09. The highest BCUT2D eigenvalue weighted by Gasteiger charge is 2.31. The van der Waals surface area contributed by atoms with Gasteiger partial charge in [0.25, 0.3) is 5.91 Å². The molecule has 4 aromatic rings. The first-order valence-corrected chi connectivity index (χ1v) is 9.47. The molecule has 0 radical (unpaired) electrons. The van der Waals surface area contributed by atoms with E-state index in [2.05, 4.69) is 15.6 Å². The summed E-state index contributed by atoms with van der Waals surface area (Å²) in [6, 6.07) is 20.8. The van der Waals surface area contributed by atoms with Crippen LogP contribution in [-0.2, 0) is 6.18 Å². The second-order valence-electron chi connectivity index (χ2n) is 6.55. The predicted octanol–water partition coefficient (Wildman–Crippen LogP) is 5.86. The van der Waals surface area contributed by atoms with E-state index in [9.17, 15) is 18.0 Å². The van der Waals surface area contributed by atoms with Gasteiger partial charge < -0.3 is 5.32 Å². The zero-order valence-corrected chi connectivity index (χ0v) is 16.5. The summed E-state index contributed by atoms with van der Waals surface area (Å²) in [4.78, 5) is 13.0. The van der Waals surface area contributed by atoms with E-state index in [0.717, 1.165) is 18.2 Å². The maximum atomic E-state index is 13.1. The van der Waals surface area contributed by atoms with Crippen LogP contribution in [0.5, 0.6) is 0 Å². The Hall–Kier alpha value is -3.65. The number of amides is 1.